The Labute approximate surface area is 125 Å². The van der Waals surface area contributed by atoms with Crippen molar-refractivity contribution in [1.82, 2.24) is 0 Å². The van der Waals surface area contributed by atoms with Crippen molar-refractivity contribution in [1.29, 1.82) is 0 Å². The summed E-state index contributed by atoms with van der Waals surface area (Å²) >= 11 is 6.27. The first-order valence-corrected chi connectivity index (χ1v) is 7.41. The first-order chi connectivity index (χ1) is 9.65. The molecule has 1 aliphatic heterocycles. The highest BCUT2D eigenvalue weighted by molar-refractivity contribution is 6.34. The maximum absolute atomic E-state index is 6.27. The second kappa shape index (κ2) is 5.41. The number of halogens is 1. The van der Waals surface area contributed by atoms with Crippen LogP contribution in [0.3, 0.4) is 0 Å². The van der Waals surface area contributed by atoms with Gasteiger partial charge in [-0.3, -0.25) is 4.99 Å². The quantitative estimate of drug-likeness (QED) is 0.711. The van der Waals surface area contributed by atoms with Crippen LogP contribution in [0.2, 0.25) is 5.02 Å². The third-order valence-corrected chi connectivity index (χ3v) is 4.26. The van der Waals surface area contributed by atoms with Crippen molar-refractivity contribution in [3.8, 4) is 0 Å². The molecule has 1 aliphatic rings. The van der Waals surface area contributed by atoms with Gasteiger partial charge in [-0.1, -0.05) is 53.6 Å². The van der Waals surface area contributed by atoms with Crippen LogP contribution >= 0.6 is 11.6 Å². The lowest BCUT2D eigenvalue weighted by atomic mass is 9.97. The minimum Gasteiger partial charge on any atom is -0.281 e. The Morgan fingerprint density at radius 2 is 1.90 bits per heavy atom. The Morgan fingerprint density at radius 1 is 1.10 bits per heavy atom. The SMILES string of the molecule is Cc1ccc(C2CCC(c3ccccc3Cl)=N2)c(C)c1. The largest absolute Gasteiger partial charge is 0.281 e. The van der Waals surface area contributed by atoms with Gasteiger partial charge < -0.3 is 0 Å². The van der Waals surface area contributed by atoms with Gasteiger partial charge in [-0.05, 0) is 43.9 Å². The molecule has 3 rings (SSSR count). The van der Waals surface area contributed by atoms with E-state index >= 15 is 0 Å². The van der Waals surface area contributed by atoms with Crippen molar-refractivity contribution in [2.75, 3.05) is 0 Å². The predicted octanol–water partition coefficient (Wildman–Crippen LogP) is 5.28. The van der Waals surface area contributed by atoms with Crippen LogP contribution in [0.4, 0.5) is 0 Å². The molecule has 2 heteroatoms. The van der Waals surface area contributed by atoms with Crippen LogP contribution in [-0.4, -0.2) is 5.71 Å². The fraction of sp³-hybridized carbons (Fsp3) is 0.278. The highest BCUT2D eigenvalue weighted by Crippen LogP contribution is 2.34. The van der Waals surface area contributed by atoms with Crippen molar-refractivity contribution in [3.05, 3.63) is 69.7 Å². The molecule has 0 aliphatic carbocycles. The third-order valence-electron chi connectivity index (χ3n) is 3.94. The van der Waals surface area contributed by atoms with E-state index in [0.717, 1.165) is 29.1 Å². The molecule has 0 aromatic heterocycles. The van der Waals surface area contributed by atoms with E-state index < -0.39 is 0 Å². The lowest BCUT2D eigenvalue weighted by Gasteiger charge is -2.11. The monoisotopic (exact) mass is 283 g/mol. The molecule has 0 N–H and O–H groups in total. The normalized spacial score (nSPS) is 18.1. The van der Waals surface area contributed by atoms with E-state index in [1.165, 1.54) is 16.7 Å². The van der Waals surface area contributed by atoms with Crippen molar-refractivity contribution >= 4 is 17.3 Å². The zero-order valence-electron chi connectivity index (χ0n) is 11.9. The van der Waals surface area contributed by atoms with Gasteiger partial charge >= 0.3 is 0 Å². The summed E-state index contributed by atoms with van der Waals surface area (Å²) in [6, 6.07) is 14.9. The summed E-state index contributed by atoms with van der Waals surface area (Å²) in [5.41, 5.74) is 6.21. The zero-order chi connectivity index (χ0) is 14.1. The topological polar surface area (TPSA) is 12.4 Å². The summed E-state index contributed by atoms with van der Waals surface area (Å²) in [5, 5.41) is 0.799. The lowest BCUT2D eigenvalue weighted by Crippen LogP contribution is -1.96. The Morgan fingerprint density at radius 3 is 2.65 bits per heavy atom. The number of aryl methyl sites for hydroxylation is 2. The molecule has 0 fully saturated rings. The molecule has 1 atom stereocenters. The number of nitrogens with zero attached hydrogens (tertiary/aromatic N) is 1. The van der Waals surface area contributed by atoms with E-state index in [4.69, 9.17) is 16.6 Å². The van der Waals surface area contributed by atoms with Gasteiger partial charge in [0.25, 0.3) is 0 Å². The molecule has 0 amide bonds. The Hall–Kier alpha value is -1.60. The van der Waals surface area contributed by atoms with Crippen LogP contribution < -0.4 is 0 Å². The van der Waals surface area contributed by atoms with Crippen LogP contribution in [0.5, 0.6) is 0 Å². The fourth-order valence-electron chi connectivity index (χ4n) is 2.91. The summed E-state index contributed by atoms with van der Waals surface area (Å²) in [6.07, 6.45) is 2.08. The summed E-state index contributed by atoms with van der Waals surface area (Å²) in [4.78, 5) is 4.91. The molecule has 2 aromatic carbocycles. The van der Waals surface area contributed by atoms with Crippen LogP contribution in [0.25, 0.3) is 0 Å². The van der Waals surface area contributed by atoms with Gasteiger partial charge in [0.2, 0.25) is 0 Å². The standard InChI is InChI=1S/C18H18ClN/c1-12-7-8-14(13(2)11-12)17-9-10-18(20-17)15-5-3-4-6-16(15)19/h3-8,11,17H,9-10H2,1-2H3. The molecule has 1 nitrogen and oxygen atoms in total. The molecule has 0 bridgehead atoms. The summed E-state index contributed by atoms with van der Waals surface area (Å²) < 4.78 is 0. The number of hydrogen-bond donors (Lipinski definition) is 0. The molecule has 0 radical (unpaired) electrons. The third kappa shape index (κ3) is 2.51. The molecular formula is C18H18ClN. The van der Waals surface area contributed by atoms with Crippen molar-refractivity contribution in [2.45, 2.75) is 32.7 Å². The van der Waals surface area contributed by atoms with Crippen LogP contribution in [0.15, 0.2) is 47.5 Å². The van der Waals surface area contributed by atoms with Gasteiger partial charge in [0.1, 0.15) is 0 Å². The maximum Gasteiger partial charge on any atom is 0.0758 e. The van der Waals surface area contributed by atoms with E-state index in [1.54, 1.807) is 0 Å². The van der Waals surface area contributed by atoms with E-state index in [9.17, 15) is 0 Å². The van der Waals surface area contributed by atoms with E-state index in [1.807, 2.05) is 18.2 Å². The summed E-state index contributed by atoms with van der Waals surface area (Å²) in [7, 11) is 0. The second-order valence-corrected chi connectivity index (χ2v) is 5.88. The predicted molar refractivity (Wildman–Crippen MR) is 85.9 cm³/mol. The van der Waals surface area contributed by atoms with Gasteiger partial charge in [-0.25, -0.2) is 0 Å². The second-order valence-electron chi connectivity index (χ2n) is 5.47. The van der Waals surface area contributed by atoms with Crippen molar-refractivity contribution < 1.29 is 0 Å². The van der Waals surface area contributed by atoms with Crippen LogP contribution in [-0.2, 0) is 0 Å². The van der Waals surface area contributed by atoms with Gasteiger partial charge in [-0.15, -0.1) is 0 Å². The van der Waals surface area contributed by atoms with Gasteiger partial charge in [0.05, 0.1) is 6.04 Å². The van der Waals surface area contributed by atoms with Crippen LogP contribution in [0.1, 0.15) is 41.1 Å². The molecule has 2 aromatic rings. The summed E-state index contributed by atoms with van der Waals surface area (Å²) in [5.74, 6) is 0. The molecule has 20 heavy (non-hydrogen) atoms. The first kappa shape index (κ1) is 13.4. The molecule has 102 valence electrons. The Balaban J connectivity index is 1.94. The highest BCUT2D eigenvalue weighted by atomic mass is 35.5. The molecule has 1 heterocycles. The Kier molecular flexibility index (Phi) is 3.62. The highest BCUT2D eigenvalue weighted by Gasteiger charge is 2.22. The van der Waals surface area contributed by atoms with Gasteiger partial charge in [0.15, 0.2) is 0 Å². The number of rotatable bonds is 2. The van der Waals surface area contributed by atoms with E-state index in [0.29, 0.717) is 0 Å². The van der Waals surface area contributed by atoms with Crippen molar-refractivity contribution in [2.24, 2.45) is 4.99 Å². The zero-order valence-corrected chi connectivity index (χ0v) is 12.6. The van der Waals surface area contributed by atoms with Gasteiger partial charge in [0, 0.05) is 16.3 Å². The smallest absolute Gasteiger partial charge is 0.0758 e. The molecule has 0 spiro atoms. The Bertz CT molecular complexity index is 673. The van der Waals surface area contributed by atoms with E-state index in [2.05, 4.69) is 38.1 Å². The number of benzene rings is 2. The van der Waals surface area contributed by atoms with Gasteiger partial charge in [-0.2, -0.15) is 0 Å². The van der Waals surface area contributed by atoms with Crippen molar-refractivity contribution in [3.63, 3.8) is 0 Å². The molecule has 0 saturated heterocycles. The minimum atomic E-state index is 0.280. The summed E-state index contributed by atoms with van der Waals surface area (Å²) in [6.45, 7) is 4.30. The maximum atomic E-state index is 6.27. The lowest BCUT2D eigenvalue weighted by molar-refractivity contribution is 0.718. The average Bonchev–Trinajstić information content (AvgIpc) is 2.88. The molecular weight excluding hydrogens is 266 g/mol. The minimum absolute atomic E-state index is 0.280. The average molecular weight is 284 g/mol. The molecule has 0 saturated carbocycles. The number of hydrogen-bond acceptors (Lipinski definition) is 1. The van der Waals surface area contributed by atoms with Crippen LogP contribution in [0, 0.1) is 13.8 Å². The number of aliphatic imine (C=N–C) groups is 1. The first-order valence-electron chi connectivity index (χ1n) is 7.04. The molecule has 1 unspecified atom stereocenters. The fourth-order valence-corrected chi connectivity index (χ4v) is 3.16. The van der Waals surface area contributed by atoms with E-state index in [-0.39, 0.29) is 6.04 Å².